The second-order valence-corrected chi connectivity index (χ2v) is 10.4. The van der Waals surface area contributed by atoms with Crippen molar-refractivity contribution < 1.29 is 23.0 Å². The summed E-state index contributed by atoms with van der Waals surface area (Å²) in [5.74, 6) is 1.17. The lowest BCUT2D eigenvalue weighted by atomic mass is 9.91. The van der Waals surface area contributed by atoms with E-state index >= 15 is 0 Å². The predicted octanol–water partition coefficient (Wildman–Crippen LogP) is 4.78. The van der Waals surface area contributed by atoms with Gasteiger partial charge in [0.1, 0.15) is 23.0 Å². The van der Waals surface area contributed by atoms with Gasteiger partial charge >= 0.3 is 6.61 Å². The molecule has 3 atom stereocenters. The summed E-state index contributed by atoms with van der Waals surface area (Å²) in [7, 11) is 1.73. The van der Waals surface area contributed by atoms with Gasteiger partial charge < -0.3 is 24.7 Å². The van der Waals surface area contributed by atoms with Gasteiger partial charge in [0.05, 0.1) is 35.3 Å². The highest BCUT2D eigenvalue weighted by molar-refractivity contribution is 5.98. The van der Waals surface area contributed by atoms with Crippen LogP contribution in [0.5, 0.6) is 11.5 Å². The van der Waals surface area contributed by atoms with Crippen LogP contribution in [0.25, 0.3) is 22.2 Å². The fourth-order valence-electron chi connectivity index (χ4n) is 6.09. The number of ether oxygens (including phenoxy) is 2. The zero-order valence-electron chi connectivity index (χ0n) is 20.8. The van der Waals surface area contributed by atoms with Crippen LogP contribution in [0.15, 0.2) is 48.7 Å². The predicted molar refractivity (Wildman–Crippen MR) is 135 cm³/mol. The normalized spacial score (nSPS) is 23.6. The molecule has 194 valence electrons. The topological polar surface area (TPSA) is 95.5 Å². The summed E-state index contributed by atoms with van der Waals surface area (Å²) in [6.07, 6.45) is 3.00. The average Bonchev–Trinajstić information content (AvgIpc) is 3.41. The minimum Gasteiger partial charge on any atom is -0.491 e. The van der Waals surface area contributed by atoms with Gasteiger partial charge in [-0.1, -0.05) is 12.1 Å². The van der Waals surface area contributed by atoms with Crippen LogP contribution < -0.4 is 15.2 Å². The van der Waals surface area contributed by atoms with Crippen LogP contribution in [0.1, 0.15) is 59.3 Å². The minimum absolute atomic E-state index is 0.0108. The van der Waals surface area contributed by atoms with Gasteiger partial charge in [-0.25, -0.2) is 4.98 Å². The van der Waals surface area contributed by atoms with E-state index in [1.165, 1.54) is 6.07 Å². The highest BCUT2D eigenvalue weighted by Crippen LogP contribution is 2.50. The van der Waals surface area contributed by atoms with Crippen molar-refractivity contribution in [1.82, 2.24) is 19.4 Å². The standard InChI is InChI=1S/C28H25F2N5O3/c1-28(31)8-9-37-22-11-15(13-32-24(22)28)14-6-7-17-18(10-14)35-19-12-20(25(35)33-17)34(2)26(36)16-4-3-5-21(23(16)19)38-27(29)30/h3-7,10-11,13,19-20,27H,8-9,12,31H2,1-2H3/t19-,20-,28?/m1/s1. The van der Waals surface area contributed by atoms with Crippen molar-refractivity contribution in [1.29, 1.82) is 0 Å². The van der Waals surface area contributed by atoms with E-state index in [-0.39, 0.29) is 17.7 Å². The molecule has 0 fully saturated rings. The van der Waals surface area contributed by atoms with Crippen molar-refractivity contribution >= 4 is 16.9 Å². The van der Waals surface area contributed by atoms with Crippen LogP contribution in [0, 0.1) is 0 Å². The lowest BCUT2D eigenvalue weighted by Crippen LogP contribution is -2.39. The lowest BCUT2D eigenvalue weighted by molar-refractivity contribution is -0.0507. The molecular weight excluding hydrogens is 492 g/mol. The molecule has 7 rings (SSSR count). The number of amides is 1. The van der Waals surface area contributed by atoms with Crippen molar-refractivity contribution in [3.63, 3.8) is 0 Å². The third kappa shape index (κ3) is 3.26. The van der Waals surface area contributed by atoms with Gasteiger partial charge in [0.25, 0.3) is 5.91 Å². The minimum atomic E-state index is -3.01. The molecule has 1 amide bonds. The number of fused-ring (bicyclic) bond motifs is 10. The van der Waals surface area contributed by atoms with E-state index in [2.05, 4.69) is 9.55 Å². The molecule has 0 aliphatic carbocycles. The third-order valence-electron chi connectivity index (χ3n) is 8.01. The van der Waals surface area contributed by atoms with E-state index in [9.17, 15) is 13.6 Å². The van der Waals surface area contributed by atoms with Gasteiger partial charge in [-0.2, -0.15) is 8.78 Å². The number of imidazole rings is 1. The number of nitrogens with two attached hydrogens (primary N) is 1. The maximum Gasteiger partial charge on any atom is 0.387 e. The Hall–Kier alpha value is -4.05. The SMILES string of the molecule is CN1C(=O)c2cccc(OC(F)F)c2[C@H]2C[C@@H]1c1nc3ccc(-c4cnc5c(c4)OCCC5(C)N)cc3n12. The van der Waals surface area contributed by atoms with Crippen molar-refractivity contribution in [3.05, 3.63) is 71.3 Å². The summed E-state index contributed by atoms with van der Waals surface area (Å²) in [5, 5.41) is 0. The first-order valence-electron chi connectivity index (χ1n) is 12.5. The molecule has 8 nitrogen and oxygen atoms in total. The lowest BCUT2D eigenvalue weighted by Gasteiger charge is -2.31. The van der Waals surface area contributed by atoms with Crippen molar-refractivity contribution in [2.45, 2.75) is 44.0 Å². The Morgan fingerprint density at radius 1 is 1.18 bits per heavy atom. The number of aromatic nitrogens is 3. The van der Waals surface area contributed by atoms with Gasteiger partial charge in [0, 0.05) is 42.8 Å². The van der Waals surface area contributed by atoms with E-state index in [1.54, 1.807) is 30.3 Å². The number of carbonyl (C=O) groups excluding carboxylic acids is 1. The Kier molecular flexibility index (Phi) is 4.85. The monoisotopic (exact) mass is 517 g/mol. The molecule has 4 aromatic rings. The quantitative estimate of drug-likeness (QED) is 0.421. The van der Waals surface area contributed by atoms with E-state index < -0.39 is 18.2 Å². The van der Waals surface area contributed by atoms with Crippen LogP contribution >= 0.6 is 0 Å². The molecule has 1 unspecified atom stereocenters. The number of hydrogen-bond acceptors (Lipinski definition) is 6. The molecule has 2 aromatic heterocycles. The van der Waals surface area contributed by atoms with E-state index in [0.29, 0.717) is 36.3 Å². The second-order valence-electron chi connectivity index (χ2n) is 10.4. The first kappa shape index (κ1) is 23.1. The molecule has 2 bridgehead atoms. The zero-order valence-corrected chi connectivity index (χ0v) is 20.8. The van der Waals surface area contributed by atoms with Crippen molar-refractivity contribution in [3.8, 4) is 22.6 Å². The number of benzene rings is 2. The third-order valence-corrected chi connectivity index (χ3v) is 8.01. The Morgan fingerprint density at radius 2 is 2.03 bits per heavy atom. The van der Waals surface area contributed by atoms with Crippen LogP contribution in [0.4, 0.5) is 8.78 Å². The maximum atomic E-state index is 13.3. The Morgan fingerprint density at radius 3 is 2.84 bits per heavy atom. The fraction of sp³-hybridized carbons (Fsp3) is 0.321. The van der Waals surface area contributed by atoms with Gasteiger partial charge in [-0.3, -0.25) is 9.78 Å². The van der Waals surface area contributed by atoms with Crippen molar-refractivity contribution in [2.24, 2.45) is 5.73 Å². The van der Waals surface area contributed by atoms with Gasteiger partial charge in [-0.05, 0) is 42.8 Å². The van der Waals surface area contributed by atoms with E-state index in [1.807, 2.05) is 31.2 Å². The highest BCUT2D eigenvalue weighted by Gasteiger charge is 2.45. The van der Waals surface area contributed by atoms with E-state index in [4.69, 9.17) is 20.2 Å². The Labute approximate surface area is 217 Å². The first-order chi connectivity index (χ1) is 18.2. The second kappa shape index (κ2) is 7.97. The van der Waals surface area contributed by atoms with Crippen LogP contribution in [-0.4, -0.2) is 45.6 Å². The first-order valence-corrected chi connectivity index (χ1v) is 12.5. The maximum absolute atomic E-state index is 13.3. The molecule has 3 aliphatic rings. The number of rotatable bonds is 3. The summed E-state index contributed by atoms with van der Waals surface area (Å²) in [6, 6.07) is 11.9. The van der Waals surface area contributed by atoms with Crippen LogP contribution in [0.3, 0.4) is 0 Å². The summed E-state index contributed by atoms with van der Waals surface area (Å²) < 4.78 is 39.5. The fourth-order valence-corrected chi connectivity index (χ4v) is 6.09. The molecule has 0 radical (unpaired) electrons. The molecule has 5 heterocycles. The summed E-state index contributed by atoms with van der Waals surface area (Å²) >= 11 is 0. The molecule has 0 saturated carbocycles. The molecule has 38 heavy (non-hydrogen) atoms. The van der Waals surface area contributed by atoms with Crippen LogP contribution in [0.2, 0.25) is 0 Å². The van der Waals surface area contributed by atoms with Gasteiger partial charge in [0.15, 0.2) is 0 Å². The Balaban J connectivity index is 1.40. The Bertz CT molecular complexity index is 1630. The average molecular weight is 518 g/mol. The summed E-state index contributed by atoms with van der Waals surface area (Å²) in [5.41, 5.74) is 10.8. The molecular formula is C28H25F2N5O3. The molecule has 0 spiro atoms. The number of nitrogens with zero attached hydrogens (tertiary/aromatic N) is 4. The molecule has 2 N–H and O–H groups in total. The van der Waals surface area contributed by atoms with Gasteiger partial charge in [-0.15, -0.1) is 0 Å². The molecule has 0 saturated heterocycles. The van der Waals surface area contributed by atoms with Crippen molar-refractivity contribution in [2.75, 3.05) is 13.7 Å². The number of alkyl halides is 2. The smallest absolute Gasteiger partial charge is 0.387 e. The number of halogens is 2. The largest absolute Gasteiger partial charge is 0.491 e. The number of pyridine rings is 1. The highest BCUT2D eigenvalue weighted by atomic mass is 19.3. The van der Waals surface area contributed by atoms with Crippen LogP contribution in [-0.2, 0) is 5.54 Å². The number of hydrogen-bond donors (Lipinski definition) is 1. The summed E-state index contributed by atoms with van der Waals surface area (Å²) in [6.45, 7) is -0.526. The number of carbonyl (C=O) groups is 1. The zero-order chi connectivity index (χ0) is 26.3. The van der Waals surface area contributed by atoms with E-state index in [0.717, 1.165) is 33.7 Å². The molecule has 10 heteroatoms. The summed E-state index contributed by atoms with van der Waals surface area (Å²) in [4.78, 5) is 24.5. The molecule has 3 aliphatic heterocycles. The van der Waals surface area contributed by atoms with Gasteiger partial charge in [0.2, 0.25) is 0 Å². The molecule has 2 aromatic carbocycles.